The fraction of sp³-hybridized carbons (Fsp3) is 0.278. The van der Waals surface area contributed by atoms with Crippen LogP contribution < -0.4 is 9.47 Å². The Morgan fingerprint density at radius 1 is 0.840 bits per heavy atom. The maximum Gasteiger partial charge on any atom is 0.416 e. The van der Waals surface area contributed by atoms with Crippen molar-refractivity contribution in [2.45, 2.75) is 25.6 Å². The van der Waals surface area contributed by atoms with Crippen molar-refractivity contribution in [3.8, 4) is 17.2 Å². The molecule has 2 rings (SSSR count). The molecule has 0 fully saturated rings. The summed E-state index contributed by atoms with van der Waals surface area (Å²) in [6.07, 6.45) is -4.38. The molecule has 0 saturated heterocycles. The molecule has 2 aromatic carbocycles. The van der Waals surface area contributed by atoms with E-state index in [0.29, 0.717) is 11.5 Å². The number of carbonyl (C=O) groups is 1. The number of esters is 1. The molecule has 0 heterocycles. The monoisotopic (exact) mass is 354 g/mol. The van der Waals surface area contributed by atoms with Crippen LogP contribution in [0.25, 0.3) is 0 Å². The summed E-state index contributed by atoms with van der Waals surface area (Å²) in [5.74, 6) is 0.604. The highest BCUT2D eigenvalue weighted by molar-refractivity contribution is 5.78. The van der Waals surface area contributed by atoms with Crippen molar-refractivity contribution in [2.24, 2.45) is 0 Å². The van der Waals surface area contributed by atoms with Crippen molar-refractivity contribution < 1.29 is 32.2 Å². The third kappa shape index (κ3) is 4.89. The Labute approximate surface area is 143 Å². The predicted molar refractivity (Wildman–Crippen MR) is 84.7 cm³/mol. The molecule has 0 aliphatic heterocycles. The van der Waals surface area contributed by atoms with Gasteiger partial charge in [-0.25, -0.2) is 4.79 Å². The minimum Gasteiger partial charge on any atom is -0.476 e. The first-order valence-electron chi connectivity index (χ1n) is 7.34. The normalized spacial score (nSPS) is 11.8. The highest BCUT2D eigenvalue weighted by atomic mass is 19.4. The SMILES string of the molecule is COC(=O)C(C)(C)Oc1ccc(Oc2ccc(C(F)(F)F)cc2)cc1. The molecule has 0 N–H and O–H groups in total. The minimum atomic E-state index is -4.38. The smallest absolute Gasteiger partial charge is 0.416 e. The van der Waals surface area contributed by atoms with Gasteiger partial charge in [0.1, 0.15) is 17.2 Å². The van der Waals surface area contributed by atoms with E-state index in [1.54, 1.807) is 38.1 Å². The third-order valence-corrected chi connectivity index (χ3v) is 3.29. The molecule has 0 atom stereocenters. The van der Waals surface area contributed by atoms with Crippen molar-refractivity contribution in [3.63, 3.8) is 0 Å². The van der Waals surface area contributed by atoms with E-state index in [0.717, 1.165) is 12.1 Å². The van der Waals surface area contributed by atoms with Crippen molar-refractivity contribution in [1.29, 1.82) is 0 Å². The molecule has 0 spiro atoms. The van der Waals surface area contributed by atoms with Gasteiger partial charge >= 0.3 is 12.1 Å². The Hall–Kier alpha value is -2.70. The second-order valence-electron chi connectivity index (χ2n) is 5.70. The lowest BCUT2D eigenvalue weighted by molar-refractivity contribution is -0.156. The van der Waals surface area contributed by atoms with Gasteiger partial charge in [0.25, 0.3) is 0 Å². The lowest BCUT2D eigenvalue weighted by atomic mass is 10.1. The van der Waals surface area contributed by atoms with Crippen LogP contribution in [0.3, 0.4) is 0 Å². The summed E-state index contributed by atoms with van der Waals surface area (Å²) >= 11 is 0. The van der Waals surface area contributed by atoms with Gasteiger partial charge in [0.05, 0.1) is 12.7 Å². The molecule has 0 aliphatic rings. The van der Waals surface area contributed by atoms with Crippen LogP contribution in [-0.4, -0.2) is 18.7 Å². The van der Waals surface area contributed by atoms with Crippen LogP contribution in [0.15, 0.2) is 48.5 Å². The summed E-state index contributed by atoms with van der Waals surface area (Å²) < 4.78 is 53.3. The first-order valence-corrected chi connectivity index (χ1v) is 7.34. The van der Waals surface area contributed by atoms with Crippen LogP contribution >= 0.6 is 0 Å². The molecular formula is C18H17F3O4. The summed E-state index contributed by atoms with van der Waals surface area (Å²) in [5.41, 5.74) is -1.89. The summed E-state index contributed by atoms with van der Waals surface area (Å²) in [6.45, 7) is 3.15. The maximum absolute atomic E-state index is 12.5. The van der Waals surface area contributed by atoms with E-state index in [-0.39, 0.29) is 5.75 Å². The zero-order valence-electron chi connectivity index (χ0n) is 13.9. The first kappa shape index (κ1) is 18.6. The highest BCUT2D eigenvalue weighted by Crippen LogP contribution is 2.32. The van der Waals surface area contributed by atoms with Crippen LogP contribution in [0, 0.1) is 0 Å². The lowest BCUT2D eigenvalue weighted by Crippen LogP contribution is -2.39. The van der Waals surface area contributed by atoms with E-state index in [1.807, 2.05) is 0 Å². The Kier molecular flexibility index (Phi) is 5.25. The topological polar surface area (TPSA) is 44.8 Å². The molecular weight excluding hydrogens is 337 g/mol. The number of halogens is 3. The predicted octanol–water partition coefficient (Wildman–Crippen LogP) is 4.83. The van der Waals surface area contributed by atoms with Crippen molar-refractivity contribution in [3.05, 3.63) is 54.1 Å². The van der Waals surface area contributed by atoms with E-state index < -0.39 is 23.3 Å². The van der Waals surface area contributed by atoms with Crippen molar-refractivity contribution in [2.75, 3.05) is 7.11 Å². The van der Waals surface area contributed by atoms with E-state index in [4.69, 9.17) is 9.47 Å². The van der Waals surface area contributed by atoms with Gasteiger partial charge in [-0.1, -0.05) is 0 Å². The largest absolute Gasteiger partial charge is 0.476 e. The van der Waals surface area contributed by atoms with Gasteiger partial charge in [-0.2, -0.15) is 13.2 Å². The standard InChI is InChI=1S/C18H17F3O4/c1-17(2,16(22)23-3)25-15-10-8-14(9-11-15)24-13-6-4-12(5-7-13)18(19,20)21/h4-11H,1-3H3. The van der Waals surface area contributed by atoms with Crippen molar-refractivity contribution >= 4 is 5.97 Å². The molecule has 0 bridgehead atoms. The summed E-state index contributed by atoms with van der Waals surface area (Å²) in [4.78, 5) is 11.6. The van der Waals surface area contributed by atoms with Crippen LogP contribution in [0.4, 0.5) is 13.2 Å². The molecule has 0 aromatic heterocycles. The van der Waals surface area contributed by atoms with Crippen LogP contribution in [-0.2, 0) is 15.7 Å². The van der Waals surface area contributed by atoms with Gasteiger partial charge < -0.3 is 14.2 Å². The Morgan fingerprint density at radius 3 is 1.72 bits per heavy atom. The Morgan fingerprint density at radius 2 is 1.28 bits per heavy atom. The van der Waals surface area contributed by atoms with Crippen LogP contribution in [0.5, 0.6) is 17.2 Å². The first-order chi connectivity index (χ1) is 11.6. The molecule has 0 aliphatic carbocycles. The summed E-state index contributed by atoms with van der Waals surface area (Å²) in [5, 5.41) is 0. The van der Waals surface area contributed by atoms with E-state index in [1.165, 1.54) is 19.2 Å². The third-order valence-electron chi connectivity index (χ3n) is 3.29. The van der Waals surface area contributed by atoms with Gasteiger partial charge in [0.15, 0.2) is 5.60 Å². The number of hydrogen-bond donors (Lipinski definition) is 0. The average molecular weight is 354 g/mol. The molecule has 4 nitrogen and oxygen atoms in total. The molecule has 7 heteroatoms. The quantitative estimate of drug-likeness (QED) is 0.722. The number of rotatable bonds is 5. The summed E-state index contributed by atoms with van der Waals surface area (Å²) in [7, 11) is 1.27. The molecule has 0 unspecified atom stereocenters. The molecule has 0 radical (unpaired) electrons. The number of ether oxygens (including phenoxy) is 3. The van der Waals surface area contributed by atoms with E-state index >= 15 is 0 Å². The van der Waals surface area contributed by atoms with Gasteiger partial charge in [-0.3, -0.25) is 0 Å². The lowest BCUT2D eigenvalue weighted by Gasteiger charge is -2.23. The summed E-state index contributed by atoms with van der Waals surface area (Å²) in [6, 6.07) is 10.7. The number of hydrogen-bond acceptors (Lipinski definition) is 4. The molecule has 0 saturated carbocycles. The molecule has 2 aromatic rings. The highest BCUT2D eigenvalue weighted by Gasteiger charge is 2.31. The van der Waals surface area contributed by atoms with Gasteiger partial charge in [0.2, 0.25) is 0 Å². The molecule has 25 heavy (non-hydrogen) atoms. The zero-order chi connectivity index (χ0) is 18.7. The van der Waals surface area contributed by atoms with Gasteiger partial charge in [-0.15, -0.1) is 0 Å². The second kappa shape index (κ2) is 7.04. The van der Waals surface area contributed by atoms with E-state index in [2.05, 4.69) is 4.74 Å². The second-order valence-corrected chi connectivity index (χ2v) is 5.70. The van der Waals surface area contributed by atoms with Gasteiger partial charge in [0, 0.05) is 0 Å². The molecule has 0 amide bonds. The van der Waals surface area contributed by atoms with Crippen molar-refractivity contribution in [1.82, 2.24) is 0 Å². The number of carbonyl (C=O) groups excluding carboxylic acids is 1. The van der Waals surface area contributed by atoms with Crippen LogP contribution in [0.1, 0.15) is 19.4 Å². The minimum absolute atomic E-state index is 0.275. The van der Waals surface area contributed by atoms with Gasteiger partial charge in [-0.05, 0) is 62.4 Å². The maximum atomic E-state index is 12.5. The number of benzene rings is 2. The Balaban J connectivity index is 2.04. The fourth-order valence-corrected chi connectivity index (χ4v) is 2.01. The van der Waals surface area contributed by atoms with E-state index in [9.17, 15) is 18.0 Å². The molecule has 134 valence electrons. The fourth-order valence-electron chi connectivity index (χ4n) is 2.01. The number of methoxy groups -OCH3 is 1. The average Bonchev–Trinajstić information content (AvgIpc) is 2.55. The van der Waals surface area contributed by atoms with Crippen LogP contribution in [0.2, 0.25) is 0 Å². The number of alkyl halides is 3. The Bertz CT molecular complexity index is 719. The zero-order valence-corrected chi connectivity index (χ0v) is 13.9.